The van der Waals surface area contributed by atoms with Crippen LogP contribution in [0.2, 0.25) is 0 Å². The highest BCUT2D eigenvalue weighted by atomic mass is 79.9. The first kappa shape index (κ1) is 20.6. The van der Waals surface area contributed by atoms with Gasteiger partial charge in [0.25, 0.3) is 0 Å². The molecule has 0 N–H and O–H groups in total. The van der Waals surface area contributed by atoms with Crippen molar-refractivity contribution in [1.29, 1.82) is 0 Å². The number of esters is 2. The smallest absolute Gasteiger partial charge is 0.321 e. The maximum atomic E-state index is 13.3. The third kappa shape index (κ3) is 4.00. The van der Waals surface area contributed by atoms with Gasteiger partial charge in [0.1, 0.15) is 5.60 Å². The van der Waals surface area contributed by atoms with Gasteiger partial charge in [0, 0.05) is 21.9 Å². The summed E-state index contributed by atoms with van der Waals surface area (Å²) in [5.41, 5.74) is -0.390. The minimum absolute atomic E-state index is 0.0816. The van der Waals surface area contributed by atoms with E-state index >= 15 is 0 Å². The molecule has 5 nitrogen and oxygen atoms in total. The lowest BCUT2D eigenvalue weighted by Gasteiger charge is -2.35. The fraction of sp³-hybridized carbons (Fsp3) is 0.550. The van der Waals surface area contributed by atoms with Gasteiger partial charge >= 0.3 is 11.9 Å². The van der Waals surface area contributed by atoms with E-state index in [-0.39, 0.29) is 18.3 Å². The van der Waals surface area contributed by atoms with E-state index in [0.717, 1.165) is 4.47 Å². The summed E-state index contributed by atoms with van der Waals surface area (Å²) in [6, 6.07) is 7.08. The molecule has 0 aromatic heterocycles. The molecule has 0 saturated carbocycles. The van der Waals surface area contributed by atoms with Crippen LogP contribution in [0.1, 0.15) is 45.0 Å². The van der Waals surface area contributed by atoms with E-state index in [4.69, 9.17) is 9.47 Å². The maximum absolute atomic E-state index is 13.3. The predicted molar refractivity (Wildman–Crippen MR) is 101 cm³/mol. The van der Waals surface area contributed by atoms with Crippen molar-refractivity contribution in [3.8, 4) is 0 Å². The zero-order valence-corrected chi connectivity index (χ0v) is 17.3. The summed E-state index contributed by atoms with van der Waals surface area (Å²) in [5, 5.41) is 0. The minimum Gasteiger partial charge on any atom is -0.465 e. The number of ether oxygens (including phenoxy) is 2. The summed E-state index contributed by atoms with van der Waals surface area (Å²) in [6.07, 6.45) is 0. The van der Waals surface area contributed by atoms with E-state index < -0.39 is 35.3 Å². The third-order valence-corrected chi connectivity index (χ3v) is 5.39. The lowest BCUT2D eigenvalue weighted by molar-refractivity contribution is -0.157. The number of carbonyl (C=O) groups excluding carboxylic acids is 3. The molecule has 0 radical (unpaired) electrons. The van der Waals surface area contributed by atoms with Gasteiger partial charge < -0.3 is 9.47 Å². The van der Waals surface area contributed by atoms with Crippen LogP contribution in [0.5, 0.6) is 0 Å². The van der Waals surface area contributed by atoms with E-state index in [2.05, 4.69) is 15.9 Å². The summed E-state index contributed by atoms with van der Waals surface area (Å²) in [5.74, 6) is -3.65. The zero-order chi connectivity index (χ0) is 19.6. The quantitative estimate of drug-likeness (QED) is 0.391. The molecular formula is C20H25BrO5. The molecule has 0 unspecified atom stereocenters. The highest BCUT2D eigenvalue weighted by Crippen LogP contribution is 2.46. The van der Waals surface area contributed by atoms with Gasteiger partial charge in [0.15, 0.2) is 11.7 Å². The van der Waals surface area contributed by atoms with Crippen LogP contribution in [-0.2, 0) is 19.1 Å². The first-order valence-corrected chi connectivity index (χ1v) is 9.58. The van der Waals surface area contributed by atoms with E-state index in [9.17, 15) is 14.4 Å². The summed E-state index contributed by atoms with van der Waals surface area (Å²) in [6.45, 7) is 9.19. The van der Waals surface area contributed by atoms with Gasteiger partial charge in [-0.2, -0.15) is 0 Å². The van der Waals surface area contributed by atoms with Gasteiger partial charge in [0.05, 0.1) is 6.61 Å². The normalized spacial score (nSPS) is 22.8. The molecule has 0 spiro atoms. The van der Waals surface area contributed by atoms with Crippen molar-refractivity contribution < 1.29 is 23.9 Å². The third-order valence-electron chi connectivity index (χ3n) is 4.86. The van der Waals surface area contributed by atoms with E-state index in [1.54, 1.807) is 45.0 Å². The second kappa shape index (κ2) is 7.91. The fourth-order valence-corrected chi connectivity index (χ4v) is 4.00. The minimum atomic E-state index is -1.09. The van der Waals surface area contributed by atoms with Crippen molar-refractivity contribution in [2.45, 2.75) is 40.2 Å². The maximum Gasteiger partial charge on any atom is 0.321 e. The number of hydrogen-bond acceptors (Lipinski definition) is 5. The van der Waals surface area contributed by atoms with Gasteiger partial charge in [0.2, 0.25) is 0 Å². The number of hydrogen-bond donors (Lipinski definition) is 0. The van der Waals surface area contributed by atoms with Gasteiger partial charge in [-0.15, -0.1) is 0 Å². The number of carbonyl (C=O) groups is 3. The first-order chi connectivity index (χ1) is 12.1. The van der Waals surface area contributed by atoms with Crippen LogP contribution in [0.3, 0.4) is 0 Å². The van der Waals surface area contributed by atoms with Crippen molar-refractivity contribution in [1.82, 2.24) is 0 Å². The molecule has 1 fully saturated rings. The van der Waals surface area contributed by atoms with Crippen LogP contribution in [0.15, 0.2) is 28.7 Å². The van der Waals surface area contributed by atoms with Crippen LogP contribution in [0.25, 0.3) is 0 Å². The van der Waals surface area contributed by atoms with E-state index in [1.807, 2.05) is 13.8 Å². The number of benzene rings is 1. The highest BCUT2D eigenvalue weighted by Gasteiger charge is 2.59. The lowest BCUT2D eigenvalue weighted by Crippen LogP contribution is -2.44. The summed E-state index contributed by atoms with van der Waals surface area (Å²) < 4.78 is 11.4. The summed E-state index contributed by atoms with van der Waals surface area (Å²) >= 11 is 3.36. The Morgan fingerprint density at radius 3 is 2.31 bits per heavy atom. The number of halogens is 1. The Morgan fingerprint density at radius 2 is 1.81 bits per heavy atom. The van der Waals surface area contributed by atoms with Crippen molar-refractivity contribution in [3.63, 3.8) is 0 Å². The number of ketones is 1. The van der Waals surface area contributed by atoms with Crippen LogP contribution < -0.4 is 0 Å². The Morgan fingerprint density at radius 1 is 1.23 bits per heavy atom. The average molecular weight is 425 g/mol. The second-order valence-electron chi connectivity index (χ2n) is 7.42. The second-order valence-corrected chi connectivity index (χ2v) is 8.34. The first-order valence-electron chi connectivity index (χ1n) is 8.79. The molecule has 0 aliphatic carbocycles. The Labute approximate surface area is 162 Å². The lowest BCUT2D eigenvalue weighted by atomic mass is 9.67. The van der Waals surface area contributed by atoms with Gasteiger partial charge in [-0.05, 0) is 38.8 Å². The molecule has 1 heterocycles. The zero-order valence-electron chi connectivity index (χ0n) is 15.7. The van der Waals surface area contributed by atoms with E-state index in [1.165, 1.54) is 0 Å². The number of rotatable bonds is 6. The Hall–Kier alpha value is -1.69. The molecular weight excluding hydrogens is 400 g/mol. The number of cyclic esters (lactones) is 1. The standard InChI is InChI=1S/C20H25BrO5/c1-6-25-18(23)15-16(20(4,5)26-19(15)24)14(11(2)3)17(22)12-7-9-13(21)10-8-12/h7-11,14-16H,6H2,1-5H3/t14-,15-,16-/m1/s1. The fourth-order valence-electron chi connectivity index (χ4n) is 3.74. The van der Waals surface area contributed by atoms with Gasteiger partial charge in [-0.25, -0.2) is 0 Å². The average Bonchev–Trinajstić information content (AvgIpc) is 2.77. The van der Waals surface area contributed by atoms with Crippen molar-refractivity contribution in [3.05, 3.63) is 34.3 Å². The monoisotopic (exact) mass is 424 g/mol. The van der Waals surface area contributed by atoms with Crippen LogP contribution >= 0.6 is 15.9 Å². The van der Waals surface area contributed by atoms with Crippen molar-refractivity contribution >= 4 is 33.7 Å². The number of Topliss-reactive ketones (excluding diaryl/α,β-unsaturated/α-hetero) is 1. The van der Waals surface area contributed by atoms with Gasteiger partial charge in [-0.3, -0.25) is 14.4 Å². The molecule has 0 amide bonds. The molecule has 3 atom stereocenters. The predicted octanol–water partition coefficient (Wildman–Crippen LogP) is 4.03. The van der Waals surface area contributed by atoms with Crippen LogP contribution in [-0.4, -0.2) is 29.9 Å². The molecule has 1 aliphatic heterocycles. The molecule has 26 heavy (non-hydrogen) atoms. The SMILES string of the molecule is CCOC(=O)[C@@H]1C(=O)OC(C)(C)[C@@H]1[C@H](C(=O)c1ccc(Br)cc1)C(C)C. The molecule has 1 saturated heterocycles. The summed E-state index contributed by atoms with van der Waals surface area (Å²) in [7, 11) is 0. The van der Waals surface area contributed by atoms with Crippen molar-refractivity contribution in [2.75, 3.05) is 6.61 Å². The van der Waals surface area contributed by atoms with Crippen LogP contribution in [0, 0.1) is 23.7 Å². The molecule has 1 aliphatic rings. The summed E-state index contributed by atoms with van der Waals surface area (Å²) in [4.78, 5) is 38.1. The highest BCUT2D eigenvalue weighted by molar-refractivity contribution is 9.10. The van der Waals surface area contributed by atoms with Crippen LogP contribution in [0.4, 0.5) is 0 Å². The van der Waals surface area contributed by atoms with Crippen molar-refractivity contribution in [2.24, 2.45) is 23.7 Å². The Bertz CT molecular complexity index is 693. The Balaban J connectivity index is 2.47. The molecule has 142 valence electrons. The van der Waals surface area contributed by atoms with E-state index in [0.29, 0.717) is 5.56 Å². The topological polar surface area (TPSA) is 69.7 Å². The molecule has 1 aromatic carbocycles. The Kier molecular flexibility index (Phi) is 6.27. The van der Waals surface area contributed by atoms with Gasteiger partial charge in [-0.1, -0.05) is 41.9 Å². The largest absolute Gasteiger partial charge is 0.465 e. The molecule has 1 aromatic rings. The molecule has 0 bridgehead atoms. The molecule has 6 heteroatoms. The molecule has 2 rings (SSSR count).